The van der Waals surface area contributed by atoms with E-state index in [4.69, 9.17) is 17.3 Å². The summed E-state index contributed by atoms with van der Waals surface area (Å²) in [6, 6.07) is 10.5. The molecular weight excluding hydrogens is 261 g/mol. The van der Waals surface area contributed by atoms with Crippen molar-refractivity contribution < 1.29 is 4.39 Å². The van der Waals surface area contributed by atoms with Gasteiger partial charge in [-0.3, -0.25) is 0 Å². The maximum absolute atomic E-state index is 13.1. The molecule has 0 aliphatic carbocycles. The second-order valence-corrected chi connectivity index (χ2v) is 5.30. The van der Waals surface area contributed by atoms with Gasteiger partial charge in [-0.2, -0.15) is 0 Å². The van der Waals surface area contributed by atoms with Gasteiger partial charge in [0.15, 0.2) is 0 Å². The Morgan fingerprint density at radius 1 is 1.11 bits per heavy atom. The van der Waals surface area contributed by atoms with Gasteiger partial charge >= 0.3 is 0 Å². The van der Waals surface area contributed by atoms with Crippen molar-refractivity contribution in [2.45, 2.75) is 26.3 Å². The van der Waals surface area contributed by atoms with Crippen LogP contribution in [0.3, 0.4) is 0 Å². The second kappa shape index (κ2) is 5.72. The maximum atomic E-state index is 13.1. The fourth-order valence-corrected chi connectivity index (χ4v) is 2.27. The summed E-state index contributed by atoms with van der Waals surface area (Å²) >= 11 is 6.11. The predicted octanol–water partition coefficient (Wildman–Crippen LogP) is 4.34. The number of rotatable bonds is 3. The van der Waals surface area contributed by atoms with Gasteiger partial charge in [0.2, 0.25) is 0 Å². The van der Waals surface area contributed by atoms with Gasteiger partial charge in [-0.1, -0.05) is 29.8 Å². The van der Waals surface area contributed by atoms with Crippen molar-refractivity contribution in [3.8, 4) is 0 Å². The minimum absolute atomic E-state index is 0.137. The van der Waals surface area contributed by atoms with Gasteiger partial charge in [-0.15, -0.1) is 0 Å². The van der Waals surface area contributed by atoms with E-state index in [1.54, 1.807) is 6.07 Å². The van der Waals surface area contributed by atoms with Gasteiger partial charge in [-0.05, 0) is 60.7 Å². The topological polar surface area (TPSA) is 26.0 Å². The highest BCUT2D eigenvalue weighted by atomic mass is 35.5. The smallest absolute Gasteiger partial charge is 0.123 e. The quantitative estimate of drug-likeness (QED) is 0.887. The molecule has 0 radical (unpaired) electrons. The van der Waals surface area contributed by atoms with Crippen LogP contribution in [0, 0.1) is 19.7 Å². The van der Waals surface area contributed by atoms with Gasteiger partial charge in [0.05, 0.1) is 0 Å². The van der Waals surface area contributed by atoms with Crippen LogP contribution in [0.25, 0.3) is 0 Å². The summed E-state index contributed by atoms with van der Waals surface area (Å²) in [4.78, 5) is 0. The van der Waals surface area contributed by atoms with Crippen LogP contribution in [0.2, 0.25) is 5.02 Å². The fourth-order valence-electron chi connectivity index (χ4n) is 2.08. The Labute approximate surface area is 118 Å². The number of aryl methyl sites for hydroxylation is 2. The third-order valence-corrected chi connectivity index (χ3v) is 3.78. The zero-order valence-electron chi connectivity index (χ0n) is 11.1. The standard InChI is InChI=1S/C16H17ClFN/c1-10-3-4-13(8-15(10)17)16(19)9-12-5-6-14(18)7-11(12)2/h3-8,16H,9,19H2,1-2H3. The lowest BCUT2D eigenvalue weighted by molar-refractivity contribution is 0.624. The normalized spacial score (nSPS) is 12.5. The SMILES string of the molecule is Cc1ccc(C(N)Cc2ccc(F)cc2C)cc1Cl. The van der Waals surface area contributed by atoms with E-state index in [9.17, 15) is 4.39 Å². The van der Waals surface area contributed by atoms with E-state index < -0.39 is 0 Å². The Hall–Kier alpha value is -1.38. The number of nitrogens with two attached hydrogens (primary N) is 1. The molecule has 0 aliphatic heterocycles. The molecule has 1 unspecified atom stereocenters. The Balaban J connectivity index is 2.20. The average molecular weight is 278 g/mol. The van der Waals surface area contributed by atoms with Crippen molar-refractivity contribution in [3.63, 3.8) is 0 Å². The molecule has 2 rings (SSSR count). The van der Waals surface area contributed by atoms with E-state index >= 15 is 0 Å². The fraction of sp³-hybridized carbons (Fsp3) is 0.250. The van der Waals surface area contributed by atoms with Gasteiger partial charge < -0.3 is 5.73 Å². The van der Waals surface area contributed by atoms with E-state index in [2.05, 4.69) is 0 Å². The molecule has 0 aliphatic rings. The van der Waals surface area contributed by atoms with Crippen LogP contribution in [0.1, 0.15) is 28.3 Å². The minimum Gasteiger partial charge on any atom is -0.324 e. The van der Waals surface area contributed by atoms with Crippen molar-refractivity contribution >= 4 is 11.6 Å². The molecule has 0 amide bonds. The van der Waals surface area contributed by atoms with Crippen LogP contribution < -0.4 is 5.73 Å². The molecule has 0 spiro atoms. The van der Waals surface area contributed by atoms with E-state index in [0.717, 1.165) is 27.3 Å². The van der Waals surface area contributed by atoms with Crippen LogP contribution in [0.5, 0.6) is 0 Å². The van der Waals surface area contributed by atoms with E-state index in [1.807, 2.05) is 32.0 Å². The molecule has 0 saturated heterocycles. The second-order valence-electron chi connectivity index (χ2n) is 4.89. The lowest BCUT2D eigenvalue weighted by atomic mass is 9.96. The lowest BCUT2D eigenvalue weighted by Gasteiger charge is -2.15. The van der Waals surface area contributed by atoms with Gasteiger partial charge in [0, 0.05) is 11.1 Å². The first-order chi connectivity index (χ1) is 8.97. The molecule has 0 aromatic heterocycles. The molecule has 19 heavy (non-hydrogen) atoms. The third-order valence-electron chi connectivity index (χ3n) is 3.37. The summed E-state index contributed by atoms with van der Waals surface area (Å²) in [7, 11) is 0. The summed E-state index contributed by atoms with van der Waals surface area (Å²) < 4.78 is 13.1. The van der Waals surface area contributed by atoms with E-state index in [-0.39, 0.29) is 11.9 Å². The molecule has 100 valence electrons. The van der Waals surface area contributed by atoms with Crippen molar-refractivity contribution in [3.05, 3.63) is 69.5 Å². The molecular formula is C16H17ClFN. The monoisotopic (exact) mass is 277 g/mol. The molecule has 0 saturated carbocycles. The summed E-state index contributed by atoms with van der Waals surface area (Å²) in [6.07, 6.45) is 0.672. The number of halogens is 2. The molecule has 0 fully saturated rings. The summed E-state index contributed by atoms with van der Waals surface area (Å²) in [5.74, 6) is -0.215. The first-order valence-corrected chi connectivity index (χ1v) is 6.62. The van der Waals surface area contributed by atoms with Crippen molar-refractivity contribution in [1.82, 2.24) is 0 Å². The number of hydrogen-bond acceptors (Lipinski definition) is 1. The van der Waals surface area contributed by atoms with Crippen LogP contribution >= 0.6 is 11.6 Å². The first kappa shape index (κ1) is 14.0. The van der Waals surface area contributed by atoms with Crippen LogP contribution in [0.15, 0.2) is 36.4 Å². The molecule has 0 heterocycles. The van der Waals surface area contributed by atoms with E-state index in [0.29, 0.717) is 6.42 Å². The van der Waals surface area contributed by atoms with Gasteiger partial charge in [0.1, 0.15) is 5.82 Å². The van der Waals surface area contributed by atoms with Crippen molar-refractivity contribution in [2.75, 3.05) is 0 Å². The molecule has 1 nitrogen and oxygen atoms in total. The van der Waals surface area contributed by atoms with Gasteiger partial charge in [0.25, 0.3) is 0 Å². The average Bonchev–Trinajstić information content (AvgIpc) is 2.36. The van der Waals surface area contributed by atoms with Crippen molar-refractivity contribution in [2.24, 2.45) is 5.73 Å². The van der Waals surface area contributed by atoms with E-state index in [1.165, 1.54) is 12.1 Å². The summed E-state index contributed by atoms with van der Waals surface area (Å²) in [6.45, 7) is 3.86. The number of benzene rings is 2. The van der Waals surface area contributed by atoms with Gasteiger partial charge in [-0.25, -0.2) is 4.39 Å². The Bertz CT molecular complexity index is 595. The first-order valence-electron chi connectivity index (χ1n) is 6.24. The Morgan fingerprint density at radius 2 is 1.84 bits per heavy atom. The largest absolute Gasteiger partial charge is 0.324 e. The highest BCUT2D eigenvalue weighted by Crippen LogP contribution is 2.23. The Morgan fingerprint density at radius 3 is 2.47 bits per heavy atom. The predicted molar refractivity (Wildman–Crippen MR) is 78.0 cm³/mol. The summed E-state index contributed by atoms with van der Waals surface area (Å²) in [5.41, 5.74) is 10.2. The highest BCUT2D eigenvalue weighted by molar-refractivity contribution is 6.31. The third kappa shape index (κ3) is 3.34. The minimum atomic E-state index is -0.215. The Kier molecular flexibility index (Phi) is 4.23. The molecule has 0 bridgehead atoms. The molecule has 2 N–H and O–H groups in total. The zero-order chi connectivity index (χ0) is 14.0. The zero-order valence-corrected chi connectivity index (χ0v) is 11.8. The van der Waals surface area contributed by atoms with Crippen molar-refractivity contribution in [1.29, 1.82) is 0 Å². The molecule has 2 aromatic carbocycles. The van der Waals surface area contributed by atoms with Crippen LogP contribution in [-0.4, -0.2) is 0 Å². The molecule has 3 heteroatoms. The summed E-state index contributed by atoms with van der Waals surface area (Å²) in [5, 5.41) is 0.726. The van der Waals surface area contributed by atoms with Crippen LogP contribution in [0.4, 0.5) is 4.39 Å². The number of hydrogen-bond donors (Lipinski definition) is 1. The highest BCUT2D eigenvalue weighted by Gasteiger charge is 2.10. The molecule has 2 aromatic rings. The molecule has 1 atom stereocenters. The maximum Gasteiger partial charge on any atom is 0.123 e. The lowest BCUT2D eigenvalue weighted by Crippen LogP contribution is -2.14. The van der Waals surface area contributed by atoms with Crippen LogP contribution in [-0.2, 0) is 6.42 Å².